The number of hydrogen-bond acceptors (Lipinski definition) is 4. The van der Waals surface area contributed by atoms with Crippen LogP contribution in [0.2, 0.25) is 0 Å². The lowest BCUT2D eigenvalue weighted by molar-refractivity contribution is 0.286. The number of rotatable bonds is 1. The number of ether oxygens (including phenoxy) is 2. The summed E-state index contributed by atoms with van der Waals surface area (Å²) in [5.41, 5.74) is 3.01. The SMILES string of the molecule is COc1ccc2c(c1)COc1c(c3ccccc3oc1=O)C(C)/C=C\2. The van der Waals surface area contributed by atoms with Crippen molar-refractivity contribution in [3.8, 4) is 11.5 Å². The molecule has 4 heteroatoms. The Labute approximate surface area is 145 Å². The number of para-hydroxylation sites is 1. The van der Waals surface area contributed by atoms with Crippen LogP contribution in [0.15, 0.2) is 57.8 Å². The van der Waals surface area contributed by atoms with Gasteiger partial charge in [-0.05, 0) is 23.8 Å². The topological polar surface area (TPSA) is 48.7 Å². The molecule has 0 saturated carbocycles. The molecule has 1 aliphatic heterocycles. The highest BCUT2D eigenvalue weighted by Crippen LogP contribution is 2.34. The van der Waals surface area contributed by atoms with Crippen LogP contribution in [0.25, 0.3) is 17.0 Å². The van der Waals surface area contributed by atoms with Gasteiger partial charge in [0.15, 0.2) is 0 Å². The molecule has 1 unspecified atom stereocenters. The monoisotopic (exact) mass is 334 g/mol. The summed E-state index contributed by atoms with van der Waals surface area (Å²) >= 11 is 0. The van der Waals surface area contributed by atoms with E-state index in [1.165, 1.54) is 0 Å². The molecule has 3 aromatic rings. The van der Waals surface area contributed by atoms with E-state index in [9.17, 15) is 4.79 Å². The van der Waals surface area contributed by atoms with Gasteiger partial charge in [0.2, 0.25) is 5.75 Å². The van der Waals surface area contributed by atoms with Gasteiger partial charge in [0.25, 0.3) is 0 Å². The summed E-state index contributed by atoms with van der Waals surface area (Å²) in [7, 11) is 1.63. The van der Waals surface area contributed by atoms with Crippen LogP contribution in [0.5, 0.6) is 11.5 Å². The molecule has 1 aromatic heterocycles. The summed E-state index contributed by atoms with van der Waals surface area (Å²) in [6.45, 7) is 2.33. The molecule has 0 bridgehead atoms. The van der Waals surface area contributed by atoms with E-state index in [1.807, 2.05) is 36.4 Å². The van der Waals surface area contributed by atoms with Gasteiger partial charge in [0.1, 0.15) is 17.9 Å². The summed E-state index contributed by atoms with van der Waals surface area (Å²) < 4.78 is 16.7. The Hall–Kier alpha value is -3.01. The number of allylic oxidation sites excluding steroid dienone is 1. The van der Waals surface area contributed by atoms with Crippen LogP contribution in [0.3, 0.4) is 0 Å². The maximum Gasteiger partial charge on any atom is 0.379 e. The van der Waals surface area contributed by atoms with E-state index < -0.39 is 5.63 Å². The minimum absolute atomic E-state index is 0.0112. The van der Waals surface area contributed by atoms with Gasteiger partial charge in [-0.15, -0.1) is 0 Å². The summed E-state index contributed by atoms with van der Waals surface area (Å²) in [6, 6.07) is 13.4. The average Bonchev–Trinajstić information content (AvgIpc) is 2.70. The normalized spacial score (nSPS) is 17.4. The Balaban J connectivity index is 1.92. The molecular formula is C21H18O4. The largest absolute Gasteiger partial charge is 0.497 e. The van der Waals surface area contributed by atoms with Crippen LogP contribution < -0.4 is 15.1 Å². The first-order valence-corrected chi connectivity index (χ1v) is 8.21. The van der Waals surface area contributed by atoms with Crippen molar-refractivity contribution in [1.29, 1.82) is 0 Å². The predicted molar refractivity (Wildman–Crippen MR) is 97.3 cm³/mol. The molecule has 4 rings (SSSR count). The molecule has 1 atom stereocenters. The van der Waals surface area contributed by atoms with Gasteiger partial charge in [-0.2, -0.15) is 0 Å². The molecule has 0 radical (unpaired) electrons. The van der Waals surface area contributed by atoms with Gasteiger partial charge in [-0.3, -0.25) is 0 Å². The van der Waals surface area contributed by atoms with E-state index in [4.69, 9.17) is 13.9 Å². The van der Waals surface area contributed by atoms with E-state index in [0.29, 0.717) is 5.58 Å². The highest BCUT2D eigenvalue weighted by molar-refractivity contribution is 5.83. The molecular weight excluding hydrogens is 316 g/mol. The standard InChI is InChI=1S/C21H18O4/c1-13-7-8-14-9-10-16(23-2)11-15(14)12-24-20-19(13)17-5-3-4-6-18(17)25-21(20)22/h3-11,13H,12H2,1-2H3/b8-7-. The molecule has 126 valence electrons. The lowest BCUT2D eigenvalue weighted by atomic mass is 9.95. The van der Waals surface area contributed by atoms with Crippen LogP contribution >= 0.6 is 0 Å². The fourth-order valence-electron chi connectivity index (χ4n) is 3.24. The number of benzene rings is 2. The number of hydrogen-bond donors (Lipinski definition) is 0. The van der Waals surface area contributed by atoms with E-state index in [2.05, 4.69) is 19.1 Å². The van der Waals surface area contributed by atoms with Gasteiger partial charge < -0.3 is 13.9 Å². The van der Waals surface area contributed by atoms with E-state index in [0.717, 1.165) is 27.8 Å². The third-order valence-electron chi connectivity index (χ3n) is 4.55. The fraction of sp³-hybridized carbons (Fsp3) is 0.190. The molecule has 2 aromatic carbocycles. The Morgan fingerprint density at radius 2 is 2.00 bits per heavy atom. The van der Waals surface area contributed by atoms with E-state index in [-0.39, 0.29) is 18.3 Å². The lowest BCUT2D eigenvalue weighted by Crippen LogP contribution is -2.11. The van der Waals surface area contributed by atoms with Crippen LogP contribution in [-0.2, 0) is 6.61 Å². The van der Waals surface area contributed by atoms with Gasteiger partial charge >= 0.3 is 5.63 Å². The van der Waals surface area contributed by atoms with Crippen LogP contribution in [0.1, 0.15) is 29.5 Å². The second kappa shape index (κ2) is 6.13. The predicted octanol–water partition coefficient (Wildman–Crippen LogP) is 4.51. The van der Waals surface area contributed by atoms with Gasteiger partial charge in [0, 0.05) is 22.4 Å². The summed E-state index contributed by atoms with van der Waals surface area (Å²) in [4.78, 5) is 12.5. The zero-order valence-corrected chi connectivity index (χ0v) is 14.1. The first-order valence-electron chi connectivity index (χ1n) is 8.21. The second-order valence-corrected chi connectivity index (χ2v) is 6.13. The summed E-state index contributed by atoms with van der Waals surface area (Å²) in [6.07, 6.45) is 4.16. The van der Waals surface area contributed by atoms with Crippen LogP contribution in [0, 0.1) is 0 Å². The minimum atomic E-state index is -0.444. The Morgan fingerprint density at radius 1 is 1.16 bits per heavy atom. The molecule has 0 saturated heterocycles. The molecule has 25 heavy (non-hydrogen) atoms. The van der Waals surface area contributed by atoms with Crippen molar-refractivity contribution in [3.05, 3.63) is 75.7 Å². The third kappa shape index (κ3) is 2.70. The highest BCUT2D eigenvalue weighted by Gasteiger charge is 2.21. The van der Waals surface area contributed by atoms with Gasteiger partial charge in [-0.25, -0.2) is 4.79 Å². The second-order valence-electron chi connectivity index (χ2n) is 6.13. The van der Waals surface area contributed by atoms with Crippen molar-refractivity contribution >= 4 is 17.0 Å². The van der Waals surface area contributed by atoms with Crippen molar-refractivity contribution in [2.75, 3.05) is 7.11 Å². The summed E-state index contributed by atoms with van der Waals surface area (Å²) in [5.74, 6) is 1.05. The maximum atomic E-state index is 12.5. The molecule has 0 amide bonds. The molecule has 0 spiro atoms. The molecule has 0 N–H and O–H groups in total. The average molecular weight is 334 g/mol. The Kier molecular flexibility index (Phi) is 3.80. The van der Waals surface area contributed by atoms with Crippen molar-refractivity contribution in [3.63, 3.8) is 0 Å². The number of methoxy groups -OCH3 is 1. The smallest absolute Gasteiger partial charge is 0.379 e. The van der Waals surface area contributed by atoms with Crippen molar-refractivity contribution in [2.45, 2.75) is 19.4 Å². The molecule has 0 aliphatic carbocycles. The number of fused-ring (bicyclic) bond motifs is 4. The van der Waals surface area contributed by atoms with Gasteiger partial charge in [0.05, 0.1) is 7.11 Å². The Bertz CT molecular complexity index is 1030. The van der Waals surface area contributed by atoms with Crippen molar-refractivity contribution < 1.29 is 13.9 Å². The zero-order valence-electron chi connectivity index (χ0n) is 14.1. The van der Waals surface area contributed by atoms with E-state index in [1.54, 1.807) is 13.2 Å². The molecule has 2 heterocycles. The van der Waals surface area contributed by atoms with Crippen molar-refractivity contribution in [2.24, 2.45) is 0 Å². The van der Waals surface area contributed by atoms with E-state index >= 15 is 0 Å². The quantitative estimate of drug-likeness (QED) is 0.614. The maximum absolute atomic E-state index is 12.5. The zero-order chi connectivity index (χ0) is 17.4. The fourth-order valence-corrected chi connectivity index (χ4v) is 3.24. The first-order chi connectivity index (χ1) is 12.2. The first kappa shape index (κ1) is 15.5. The molecule has 0 fully saturated rings. The summed E-state index contributed by atoms with van der Waals surface area (Å²) in [5, 5.41) is 0.901. The van der Waals surface area contributed by atoms with Crippen molar-refractivity contribution in [1.82, 2.24) is 0 Å². The third-order valence-corrected chi connectivity index (χ3v) is 4.55. The highest BCUT2D eigenvalue weighted by atomic mass is 16.5. The van der Waals surface area contributed by atoms with Crippen LogP contribution in [-0.4, -0.2) is 7.11 Å². The lowest BCUT2D eigenvalue weighted by Gasteiger charge is -2.15. The van der Waals surface area contributed by atoms with Gasteiger partial charge in [-0.1, -0.05) is 43.3 Å². The molecule has 1 aliphatic rings. The Morgan fingerprint density at radius 3 is 2.84 bits per heavy atom. The van der Waals surface area contributed by atoms with Crippen LogP contribution in [0.4, 0.5) is 0 Å². The minimum Gasteiger partial charge on any atom is -0.497 e. The molecule has 4 nitrogen and oxygen atoms in total.